The summed E-state index contributed by atoms with van der Waals surface area (Å²) < 4.78 is 5.66. The van der Waals surface area contributed by atoms with E-state index in [1.165, 1.54) is 11.1 Å². The highest BCUT2D eigenvalue weighted by Gasteiger charge is 2.31. The van der Waals surface area contributed by atoms with Gasteiger partial charge in [-0.2, -0.15) is 0 Å². The van der Waals surface area contributed by atoms with Gasteiger partial charge in [-0.05, 0) is 24.1 Å². The van der Waals surface area contributed by atoms with Gasteiger partial charge in [0.15, 0.2) is 0 Å². The van der Waals surface area contributed by atoms with Crippen LogP contribution < -0.4 is 5.32 Å². The Hall–Kier alpha value is -1.68. The maximum atomic E-state index is 5.66. The molecule has 17 heavy (non-hydrogen) atoms. The first-order valence-electron chi connectivity index (χ1n) is 5.99. The SMILES string of the molecule is CCNCc1nnc(C2Cc3ccccc32)o1. The number of rotatable bonds is 4. The number of hydrogen-bond acceptors (Lipinski definition) is 4. The van der Waals surface area contributed by atoms with E-state index in [4.69, 9.17) is 4.42 Å². The smallest absolute Gasteiger partial charge is 0.230 e. The topological polar surface area (TPSA) is 51.0 Å². The van der Waals surface area contributed by atoms with Crippen LogP contribution in [0.2, 0.25) is 0 Å². The number of benzene rings is 1. The largest absolute Gasteiger partial charge is 0.423 e. The third-order valence-electron chi connectivity index (χ3n) is 3.16. The van der Waals surface area contributed by atoms with Crippen molar-refractivity contribution in [3.63, 3.8) is 0 Å². The molecule has 0 spiro atoms. The monoisotopic (exact) mass is 229 g/mol. The average molecular weight is 229 g/mol. The lowest BCUT2D eigenvalue weighted by Gasteiger charge is -2.26. The van der Waals surface area contributed by atoms with Gasteiger partial charge in [0.2, 0.25) is 11.8 Å². The van der Waals surface area contributed by atoms with Crippen LogP contribution in [0.15, 0.2) is 28.7 Å². The fraction of sp³-hybridized carbons (Fsp3) is 0.385. The van der Waals surface area contributed by atoms with E-state index in [-0.39, 0.29) is 0 Å². The molecule has 1 aromatic carbocycles. The average Bonchev–Trinajstić information content (AvgIpc) is 2.76. The van der Waals surface area contributed by atoms with E-state index >= 15 is 0 Å². The number of aromatic nitrogens is 2. The Balaban J connectivity index is 1.76. The Morgan fingerprint density at radius 2 is 2.24 bits per heavy atom. The number of fused-ring (bicyclic) bond motifs is 1. The second kappa shape index (κ2) is 4.30. The van der Waals surface area contributed by atoms with E-state index in [0.717, 1.165) is 18.9 Å². The molecule has 4 nitrogen and oxygen atoms in total. The molecule has 0 radical (unpaired) electrons. The molecule has 0 aliphatic heterocycles. The Labute approximate surface area is 100 Å². The number of nitrogens with one attached hydrogen (secondary N) is 1. The molecular weight excluding hydrogens is 214 g/mol. The standard InChI is InChI=1S/C13H15N3O/c1-2-14-8-12-15-16-13(17-12)11-7-9-5-3-4-6-10(9)11/h3-6,11,14H,2,7-8H2,1H3. The van der Waals surface area contributed by atoms with Crippen molar-refractivity contribution in [3.8, 4) is 0 Å². The molecule has 1 N–H and O–H groups in total. The van der Waals surface area contributed by atoms with E-state index < -0.39 is 0 Å². The summed E-state index contributed by atoms with van der Waals surface area (Å²) in [4.78, 5) is 0. The summed E-state index contributed by atoms with van der Waals surface area (Å²) in [5.41, 5.74) is 2.72. The zero-order valence-electron chi connectivity index (χ0n) is 9.81. The summed E-state index contributed by atoms with van der Waals surface area (Å²) in [6, 6.07) is 8.42. The summed E-state index contributed by atoms with van der Waals surface area (Å²) in [6.07, 6.45) is 1.01. The van der Waals surface area contributed by atoms with Crippen LogP contribution in [0.3, 0.4) is 0 Å². The molecule has 1 aliphatic rings. The highest BCUT2D eigenvalue weighted by molar-refractivity contribution is 5.43. The first kappa shape index (κ1) is 10.5. The summed E-state index contributed by atoms with van der Waals surface area (Å²) in [5, 5.41) is 11.4. The molecule has 88 valence electrons. The van der Waals surface area contributed by atoms with Gasteiger partial charge in [0, 0.05) is 0 Å². The van der Waals surface area contributed by atoms with E-state index in [2.05, 4.69) is 46.7 Å². The van der Waals surface area contributed by atoms with Crippen LogP contribution in [0.4, 0.5) is 0 Å². The maximum Gasteiger partial charge on any atom is 0.230 e. The second-order valence-corrected chi connectivity index (χ2v) is 4.27. The molecule has 1 heterocycles. The van der Waals surface area contributed by atoms with Gasteiger partial charge >= 0.3 is 0 Å². The molecule has 1 aliphatic carbocycles. The molecule has 1 aromatic heterocycles. The van der Waals surface area contributed by atoms with Crippen LogP contribution in [0.1, 0.15) is 35.7 Å². The maximum absolute atomic E-state index is 5.66. The van der Waals surface area contributed by atoms with Gasteiger partial charge < -0.3 is 9.73 Å². The molecule has 0 bridgehead atoms. The van der Waals surface area contributed by atoms with Crippen LogP contribution in [-0.2, 0) is 13.0 Å². The van der Waals surface area contributed by atoms with Crippen molar-refractivity contribution in [2.75, 3.05) is 6.54 Å². The molecule has 1 atom stereocenters. The molecule has 0 amide bonds. The van der Waals surface area contributed by atoms with Crippen molar-refractivity contribution in [1.29, 1.82) is 0 Å². The van der Waals surface area contributed by atoms with E-state index in [1.807, 2.05) is 0 Å². The van der Waals surface area contributed by atoms with Gasteiger partial charge in [0.25, 0.3) is 0 Å². The van der Waals surface area contributed by atoms with Gasteiger partial charge in [0.1, 0.15) is 0 Å². The van der Waals surface area contributed by atoms with Crippen molar-refractivity contribution in [1.82, 2.24) is 15.5 Å². The molecule has 4 heteroatoms. The van der Waals surface area contributed by atoms with Crippen molar-refractivity contribution in [2.24, 2.45) is 0 Å². The van der Waals surface area contributed by atoms with Gasteiger partial charge in [-0.1, -0.05) is 31.2 Å². The fourth-order valence-electron chi connectivity index (χ4n) is 2.19. The van der Waals surface area contributed by atoms with Crippen LogP contribution in [0, 0.1) is 0 Å². The lowest BCUT2D eigenvalue weighted by atomic mass is 9.77. The van der Waals surface area contributed by atoms with Crippen LogP contribution >= 0.6 is 0 Å². The zero-order valence-corrected chi connectivity index (χ0v) is 9.81. The molecule has 3 rings (SSSR count). The van der Waals surface area contributed by atoms with Crippen molar-refractivity contribution >= 4 is 0 Å². The van der Waals surface area contributed by atoms with E-state index in [9.17, 15) is 0 Å². The van der Waals surface area contributed by atoms with Gasteiger partial charge in [-0.3, -0.25) is 0 Å². The third kappa shape index (κ3) is 1.85. The lowest BCUT2D eigenvalue weighted by molar-refractivity contribution is 0.408. The Morgan fingerprint density at radius 1 is 1.35 bits per heavy atom. The van der Waals surface area contributed by atoms with E-state index in [1.54, 1.807) is 0 Å². The predicted molar refractivity (Wildman–Crippen MR) is 63.7 cm³/mol. The Morgan fingerprint density at radius 3 is 3.06 bits per heavy atom. The summed E-state index contributed by atoms with van der Waals surface area (Å²) >= 11 is 0. The molecule has 1 unspecified atom stereocenters. The van der Waals surface area contributed by atoms with Crippen LogP contribution in [-0.4, -0.2) is 16.7 Å². The first-order chi connectivity index (χ1) is 8.38. The summed E-state index contributed by atoms with van der Waals surface area (Å²) in [5.74, 6) is 1.72. The first-order valence-corrected chi connectivity index (χ1v) is 5.99. The minimum absolute atomic E-state index is 0.300. The van der Waals surface area contributed by atoms with Gasteiger partial charge in [0.05, 0.1) is 12.5 Å². The highest BCUT2D eigenvalue weighted by atomic mass is 16.4. The van der Waals surface area contributed by atoms with Gasteiger partial charge in [-0.15, -0.1) is 10.2 Å². The number of nitrogens with zero attached hydrogens (tertiary/aromatic N) is 2. The van der Waals surface area contributed by atoms with Crippen LogP contribution in [0.5, 0.6) is 0 Å². The molecule has 0 saturated heterocycles. The van der Waals surface area contributed by atoms with Crippen molar-refractivity contribution in [2.45, 2.75) is 25.8 Å². The molecule has 2 aromatic rings. The summed E-state index contributed by atoms with van der Waals surface area (Å²) in [6.45, 7) is 3.61. The number of hydrogen-bond donors (Lipinski definition) is 1. The normalized spacial score (nSPS) is 17.6. The molecule has 0 saturated carbocycles. The highest BCUT2D eigenvalue weighted by Crippen LogP contribution is 2.38. The van der Waals surface area contributed by atoms with Gasteiger partial charge in [-0.25, -0.2) is 0 Å². The van der Waals surface area contributed by atoms with E-state index in [0.29, 0.717) is 18.4 Å². The Kier molecular flexibility index (Phi) is 2.65. The van der Waals surface area contributed by atoms with Crippen molar-refractivity contribution < 1.29 is 4.42 Å². The lowest BCUT2D eigenvalue weighted by Crippen LogP contribution is -2.18. The zero-order chi connectivity index (χ0) is 11.7. The minimum atomic E-state index is 0.300. The third-order valence-corrected chi connectivity index (χ3v) is 3.16. The molecule has 0 fully saturated rings. The van der Waals surface area contributed by atoms with Crippen LogP contribution in [0.25, 0.3) is 0 Å². The quantitative estimate of drug-likeness (QED) is 0.869. The van der Waals surface area contributed by atoms with Crippen molar-refractivity contribution in [3.05, 3.63) is 47.2 Å². The minimum Gasteiger partial charge on any atom is -0.423 e. The summed E-state index contributed by atoms with van der Waals surface area (Å²) in [7, 11) is 0. The molecular formula is C13H15N3O. The fourth-order valence-corrected chi connectivity index (χ4v) is 2.19. The predicted octanol–water partition coefficient (Wildman–Crippen LogP) is 1.87. The second-order valence-electron chi connectivity index (χ2n) is 4.27. The Bertz CT molecular complexity index is 521.